The number of hydrogen-bond acceptors (Lipinski definition) is 6. The third kappa shape index (κ3) is 3.14. The van der Waals surface area contributed by atoms with Crippen LogP contribution in [0.25, 0.3) is 0 Å². The van der Waals surface area contributed by atoms with Crippen molar-refractivity contribution in [3.05, 3.63) is 30.1 Å². The standard InChI is InChI=1S/C21H26F2N4O3/c22-21(23)5-3-15(4-6-21)25-12-20(13-25)19(30)26(10-14-2-1-7-24-9-14)18(29)17-8-16(28)11-27(17)20/h1-2,7,9,15-17,28H,3-6,8,10-13H2/t16-,17+/m1/s1. The van der Waals surface area contributed by atoms with E-state index in [-0.39, 0.29) is 37.2 Å². The van der Waals surface area contributed by atoms with E-state index in [4.69, 9.17) is 0 Å². The highest BCUT2D eigenvalue weighted by atomic mass is 19.3. The Labute approximate surface area is 173 Å². The summed E-state index contributed by atoms with van der Waals surface area (Å²) in [6.45, 7) is 1.28. The van der Waals surface area contributed by atoms with E-state index < -0.39 is 23.6 Å². The molecule has 5 rings (SSSR count). The largest absolute Gasteiger partial charge is 0.392 e. The molecule has 162 valence electrons. The van der Waals surface area contributed by atoms with Crippen molar-refractivity contribution in [2.45, 2.75) is 68.3 Å². The van der Waals surface area contributed by atoms with Gasteiger partial charge in [-0.1, -0.05) is 6.07 Å². The molecule has 4 aliphatic rings. The molecule has 1 spiro atoms. The minimum absolute atomic E-state index is 0.0402. The number of aliphatic hydroxyl groups is 1. The Balaban J connectivity index is 1.37. The van der Waals surface area contributed by atoms with E-state index in [1.807, 2.05) is 11.0 Å². The van der Waals surface area contributed by atoms with Gasteiger partial charge in [-0.15, -0.1) is 0 Å². The maximum Gasteiger partial charge on any atom is 0.252 e. The van der Waals surface area contributed by atoms with Crippen molar-refractivity contribution in [1.29, 1.82) is 0 Å². The van der Waals surface area contributed by atoms with Crippen molar-refractivity contribution in [2.75, 3.05) is 19.6 Å². The molecule has 9 heteroatoms. The summed E-state index contributed by atoms with van der Waals surface area (Å²) >= 11 is 0. The molecule has 0 unspecified atom stereocenters. The maximum absolute atomic E-state index is 13.5. The highest BCUT2D eigenvalue weighted by Gasteiger charge is 2.65. The molecule has 4 heterocycles. The third-order valence-corrected chi connectivity index (χ3v) is 7.22. The summed E-state index contributed by atoms with van der Waals surface area (Å²) < 4.78 is 27.1. The van der Waals surface area contributed by atoms with Gasteiger partial charge < -0.3 is 5.11 Å². The number of aromatic nitrogens is 1. The van der Waals surface area contributed by atoms with Gasteiger partial charge in [-0.3, -0.25) is 29.3 Å². The maximum atomic E-state index is 13.5. The number of rotatable bonds is 3. The first-order valence-electron chi connectivity index (χ1n) is 10.6. The van der Waals surface area contributed by atoms with Crippen molar-refractivity contribution in [1.82, 2.24) is 19.7 Å². The van der Waals surface area contributed by atoms with Crippen LogP contribution in [0.3, 0.4) is 0 Å². The van der Waals surface area contributed by atoms with Crippen LogP contribution in [-0.4, -0.2) is 85.9 Å². The average molecular weight is 420 g/mol. The molecule has 1 aliphatic carbocycles. The number of amides is 2. The smallest absolute Gasteiger partial charge is 0.252 e. The van der Waals surface area contributed by atoms with Gasteiger partial charge in [0.1, 0.15) is 5.54 Å². The lowest BCUT2D eigenvalue weighted by Crippen LogP contribution is -2.82. The van der Waals surface area contributed by atoms with Crippen LogP contribution in [0.5, 0.6) is 0 Å². The number of pyridine rings is 1. The van der Waals surface area contributed by atoms with Crippen LogP contribution in [0.1, 0.15) is 37.7 Å². The van der Waals surface area contributed by atoms with Crippen molar-refractivity contribution in [2.24, 2.45) is 0 Å². The lowest BCUT2D eigenvalue weighted by molar-refractivity contribution is -0.185. The summed E-state index contributed by atoms with van der Waals surface area (Å²) in [5.74, 6) is -3.11. The number of halogens is 2. The second kappa shape index (κ2) is 7.03. The minimum Gasteiger partial charge on any atom is -0.392 e. The van der Waals surface area contributed by atoms with Gasteiger partial charge in [0.2, 0.25) is 11.8 Å². The first-order valence-corrected chi connectivity index (χ1v) is 10.6. The van der Waals surface area contributed by atoms with Crippen molar-refractivity contribution < 1.29 is 23.5 Å². The van der Waals surface area contributed by atoms with E-state index in [1.54, 1.807) is 18.5 Å². The molecule has 3 aliphatic heterocycles. The molecule has 2 amide bonds. The Morgan fingerprint density at radius 2 is 1.93 bits per heavy atom. The van der Waals surface area contributed by atoms with Crippen LogP contribution in [0.4, 0.5) is 8.78 Å². The molecule has 30 heavy (non-hydrogen) atoms. The summed E-state index contributed by atoms with van der Waals surface area (Å²) in [6.07, 6.45) is 3.54. The molecule has 7 nitrogen and oxygen atoms in total. The zero-order valence-corrected chi connectivity index (χ0v) is 16.7. The Morgan fingerprint density at radius 1 is 1.20 bits per heavy atom. The molecule has 2 atom stereocenters. The average Bonchev–Trinajstić information content (AvgIpc) is 3.08. The topological polar surface area (TPSA) is 77.0 Å². The van der Waals surface area contributed by atoms with Gasteiger partial charge in [-0.25, -0.2) is 8.78 Å². The summed E-state index contributed by atoms with van der Waals surface area (Å²) in [5.41, 5.74) is -0.0925. The fourth-order valence-corrected chi connectivity index (χ4v) is 5.59. The summed E-state index contributed by atoms with van der Waals surface area (Å²) in [5, 5.41) is 10.2. The van der Waals surface area contributed by atoms with Crippen LogP contribution >= 0.6 is 0 Å². The molecule has 1 saturated carbocycles. The van der Waals surface area contributed by atoms with Crippen molar-refractivity contribution >= 4 is 11.8 Å². The lowest BCUT2D eigenvalue weighted by atomic mass is 9.79. The van der Waals surface area contributed by atoms with E-state index in [0.717, 1.165) is 5.56 Å². The van der Waals surface area contributed by atoms with Gasteiger partial charge in [-0.05, 0) is 30.9 Å². The van der Waals surface area contributed by atoms with E-state index in [0.29, 0.717) is 38.9 Å². The predicted molar refractivity (Wildman–Crippen MR) is 102 cm³/mol. The third-order valence-electron chi connectivity index (χ3n) is 7.22. The highest BCUT2D eigenvalue weighted by molar-refractivity contribution is 6.06. The summed E-state index contributed by atoms with van der Waals surface area (Å²) in [4.78, 5) is 36.0. The highest BCUT2D eigenvalue weighted by Crippen LogP contribution is 2.44. The molecule has 0 radical (unpaired) electrons. The number of nitrogens with zero attached hydrogens (tertiary/aromatic N) is 4. The molecular weight excluding hydrogens is 394 g/mol. The number of hydrogen-bond donors (Lipinski definition) is 1. The minimum atomic E-state index is -2.59. The number of aliphatic hydroxyl groups excluding tert-OH is 1. The Hall–Kier alpha value is -1.97. The predicted octanol–water partition coefficient (Wildman–Crippen LogP) is 1.02. The van der Waals surface area contributed by atoms with Crippen LogP contribution in [0.15, 0.2) is 24.5 Å². The number of imide groups is 1. The molecular formula is C21H26F2N4O3. The van der Waals surface area contributed by atoms with Crippen LogP contribution in [0.2, 0.25) is 0 Å². The van der Waals surface area contributed by atoms with E-state index in [1.165, 1.54) is 4.90 Å². The van der Waals surface area contributed by atoms with Crippen molar-refractivity contribution in [3.63, 3.8) is 0 Å². The molecule has 1 N–H and O–H groups in total. The molecule has 1 aromatic heterocycles. The van der Waals surface area contributed by atoms with Crippen LogP contribution in [0, 0.1) is 0 Å². The zero-order chi connectivity index (χ0) is 21.1. The van der Waals surface area contributed by atoms with Crippen LogP contribution < -0.4 is 0 Å². The number of piperazine rings is 1. The summed E-state index contributed by atoms with van der Waals surface area (Å²) in [7, 11) is 0. The Morgan fingerprint density at radius 3 is 2.60 bits per heavy atom. The van der Waals surface area contributed by atoms with Gasteiger partial charge in [0.25, 0.3) is 5.91 Å². The Bertz CT molecular complexity index is 836. The van der Waals surface area contributed by atoms with E-state index in [2.05, 4.69) is 9.88 Å². The zero-order valence-electron chi connectivity index (χ0n) is 16.7. The first kappa shape index (κ1) is 20.0. The first-order chi connectivity index (χ1) is 14.3. The molecule has 1 aromatic rings. The Kier molecular flexibility index (Phi) is 4.68. The fraction of sp³-hybridized carbons (Fsp3) is 0.667. The van der Waals surface area contributed by atoms with Gasteiger partial charge in [0, 0.05) is 50.9 Å². The monoisotopic (exact) mass is 420 g/mol. The molecule has 3 saturated heterocycles. The quantitative estimate of drug-likeness (QED) is 0.736. The molecule has 0 bridgehead atoms. The van der Waals surface area contributed by atoms with Gasteiger partial charge in [-0.2, -0.15) is 0 Å². The lowest BCUT2D eigenvalue weighted by Gasteiger charge is -2.60. The number of carbonyl (C=O) groups is 2. The number of likely N-dealkylation sites (tertiary alicyclic amines) is 1. The molecule has 4 fully saturated rings. The SMILES string of the molecule is O=C1[C@@H]2C[C@@H](O)CN2C2(CN(C3CCC(F)(F)CC3)C2)C(=O)N1Cc1cccnc1. The normalized spacial score (nSPS) is 31.8. The number of fused-ring (bicyclic) bond motifs is 2. The van der Waals surface area contributed by atoms with Crippen LogP contribution in [-0.2, 0) is 16.1 Å². The van der Waals surface area contributed by atoms with Gasteiger partial charge >= 0.3 is 0 Å². The van der Waals surface area contributed by atoms with Gasteiger partial charge in [0.05, 0.1) is 18.7 Å². The molecule has 0 aromatic carbocycles. The fourth-order valence-electron chi connectivity index (χ4n) is 5.59. The summed E-state index contributed by atoms with van der Waals surface area (Å²) in [6, 6.07) is 3.11. The number of carbonyl (C=O) groups excluding carboxylic acids is 2. The van der Waals surface area contributed by atoms with Gasteiger partial charge in [0.15, 0.2) is 0 Å². The second-order valence-corrected chi connectivity index (χ2v) is 9.17. The number of alkyl halides is 2. The van der Waals surface area contributed by atoms with Crippen molar-refractivity contribution in [3.8, 4) is 0 Å². The van der Waals surface area contributed by atoms with E-state index >= 15 is 0 Å². The second-order valence-electron chi connectivity index (χ2n) is 9.17. The van der Waals surface area contributed by atoms with E-state index in [9.17, 15) is 23.5 Å². The number of β-amino-alcohol motifs (C(OH)–C–C–N with tert-alkyl or cyclic N) is 1.